The normalized spacial score (nSPS) is 12.6. The molecule has 0 radical (unpaired) electrons. The highest BCUT2D eigenvalue weighted by molar-refractivity contribution is 5.99. The average Bonchev–Trinajstić information content (AvgIpc) is 2.14. The molecule has 1 aromatic heterocycles. The summed E-state index contributed by atoms with van der Waals surface area (Å²) in [6, 6.07) is 3.78. The SMILES string of the molecule is CC(C)(C)C(=O)c1ccc([N+](C)(C)C)nc1. The molecule has 0 fully saturated rings. The van der Waals surface area contributed by atoms with Crippen LogP contribution < -0.4 is 4.48 Å². The summed E-state index contributed by atoms with van der Waals surface area (Å²) >= 11 is 0. The molecule has 0 bridgehead atoms. The minimum Gasteiger partial charge on any atom is -0.294 e. The third kappa shape index (κ3) is 2.89. The molecule has 88 valence electrons. The molecule has 1 heterocycles. The van der Waals surface area contributed by atoms with Gasteiger partial charge in [0.15, 0.2) is 5.78 Å². The molecule has 0 spiro atoms. The van der Waals surface area contributed by atoms with Gasteiger partial charge in [-0.15, -0.1) is 0 Å². The van der Waals surface area contributed by atoms with E-state index in [1.165, 1.54) is 0 Å². The van der Waals surface area contributed by atoms with Gasteiger partial charge in [0.1, 0.15) is 0 Å². The zero-order valence-electron chi connectivity index (χ0n) is 11.0. The van der Waals surface area contributed by atoms with E-state index in [1.54, 1.807) is 6.20 Å². The van der Waals surface area contributed by atoms with Gasteiger partial charge in [-0.1, -0.05) is 20.8 Å². The van der Waals surface area contributed by atoms with Gasteiger partial charge in [0.25, 0.3) is 0 Å². The molecule has 0 aliphatic rings. The first-order valence-electron chi connectivity index (χ1n) is 5.45. The standard InChI is InChI=1S/C13H21N2O/c1-13(2,3)12(16)10-7-8-11(14-9-10)15(4,5)6/h7-9H,1-6H3/q+1. The Bertz CT molecular complexity index is 380. The highest BCUT2D eigenvalue weighted by Gasteiger charge is 2.24. The fourth-order valence-electron chi connectivity index (χ4n) is 1.35. The van der Waals surface area contributed by atoms with Gasteiger partial charge in [0.05, 0.1) is 21.1 Å². The summed E-state index contributed by atoms with van der Waals surface area (Å²) in [5.74, 6) is 1.08. The van der Waals surface area contributed by atoms with Gasteiger partial charge < -0.3 is 0 Å². The summed E-state index contributed by atoms with van der Waals surface area (Å²) in [6.45, 7) is 5.76. The molecule has 0 aromatic carbocycles. The number of nitrogens with zero attached hydrogens (tertiary/aromatic N) is 2. The lowest BCUT2D eigenvalue weighted by Gasteiger charge is -2.22. The van der Waals surface area contributed by atoms with Crippen LogP contribution in [0.1, 0.15) is 31.1 Å². The van der Waals surface area contributed by atoms with Crippen LogP contribution in [0.15, 0.2) is 18.3 Å². The van der Waals surface area contributed by atoms with E-state index in [0.29, 0.717) is 10.0 Å². The predicted molar refractivity (Wildman–Crippen MR) is 67.6 cm³/mol. The van der Waals surface area contributed by atoms with Gasteiger partial charge in [-0.05, 0) is 6.07 Å². The van der Waals surface area contributed by atoms with Gasteiger partial charge in [0, 0.05) is 23.2 Å². The fourth-order valence-corrected chi connectivity index (χ4v) is 1.35. The number of hydrogen-bond acceptors (Lipinski definition) is 2. The summed E-state index contributed by atoms with van der Waals surface area (Å²) in [5, 5.41) is 0. The summed E-state index contributed by atoms with van der Waals surface area (Å²) in [4.78, 5) is 16.3. The number of hydrogen-bond donors (Lipinski definition) is 0. The number of quaternary nitrogens is 1. The van der Waals surface area contributed by atoms with Crippen LogP contribution in [-0.4, -0.2) is 31.9 Å². The number of carbonyl (C=O) groups excluding carboxylic acids is 1. The second kappa shape index (κ2) is 3.98. The zero-order valence-corrected chi connectivity index (χ0v) is 11.0. The lowest BCUT2D eigenvalue weighted by atomic mass is 9.87. The van der Waals surface area contributed by atoms with Crippen molar-refractivity contribution in [1.29, 1.82) is 0 Å². The fraction of sp³-hybridized carbons (Fsp3) is 0.538. The monoisotopic (exact) mass is 221 g/mol. The van der Waals surface area contributed by atoms with Crippen molar-refractivity contribution in [3.05, 3.63) is 23.9 Å². The van der Waals surface area contributed by atoms with E-state index >= 15 is 0 Å². The number of pyridine rings is 1. The Morgan fingerprint density at radius 2 is 1.75 bits per heavy atom. The highest BCUT2D eigenvalue weighted by atomic mass is 16.1. The third-order valence-corrected chi connectivity index (χ3v) is 2.38. The van der Waals surface area contributed by atoms with Gasteiger partial charge in [-0.3, -0.25) is 9.28 Å². The first-order valence-corrected chi connectivity index (χ1v) is 5.45. The first kappa shape index (κ1) is 12.8. The summed E-state index contributed by atoms with van der Waals surface area (Å²) in [5.41, 5.74) is 0.337. The Morgan fingerprint density at radius 3 is 2.06 bits per heavy atom. The van der Waals surface area contributed by atoms with Gasteiger partial charge in [0.2, 0.25) is 5.82 Å². The van der Waals surface area contributed by atoms with E-state index < -0.39 is 0 Å². The Balaban J connectivity index is 3.01. The van der Waals surface area contributed by atoms with Crippen LogP contribution >= 0.6 is 0 Å². The van der Waals surface area contributed by atoms with Gasteiger partial charge >= 0.3 is 0 Å². The average molecular weight is 221 g/mol. The Kier molecular flexibility index (Phi) is 3.20. The van der Waals surface area contributed by atoms with E-state index in [1.807, 2.05) is 54.0 Å². The van der Waals surface area contributed by atoms with Crippen LogP contribution in [0.2, 0.25) is 0 Å². The van der Waals surface area contributed by atoms with Crippen molar-refractivity contribution in [3.63, 3.8) is 0 Å². The molecule has 1 rings (SSSR count). The summed E-state index contributed by atoms with van der Waals surface area (Å²) in [7, 11) is 6.15. The summed E-state index contributed by atoms with van der Waals surface area (Å²) < 4.78 is 0.657. The minimum atomic E-state index is -0.347. The molecule has 0 amide bonds. The molecule has 0 aliphatic heterocycles. The lowest BCUT2D eigenvalue weighted by Crippen LogP contribution is -2.35. The number of rotatable bonds is 2. The van der Waals surface area contributed by atoms with Crippen molar-refractivity contribution in [2.75, 3.05) is 21.1 Å². The molecule has 0 atom stereocenters. The van der Waals surface area contributed by atoms with Crippen molar-refractivity contribution >= 4 is 11.6 Å². The van der Waals surface area contributed by atoms with Crippen molar-refractivity contribution in [3.8, 4) is 0 Å². The second-order valence-corrected chi connectivity index (χ2v) is 6.00. The maximum Gasteiger partial charge on any atom is 0.226 e. The number of carbonyl (C=O) groups is 1. The van der Waals surface area contributed by atoms with E-state index in [4.69, 9.17) is 0 Å². The maximum absolute atomic E-state index is 12.0. The molecular weight excluding hydrogens is 200 g/mol. The van der Waals surface area contributed by atoms with Crippen LogP contribution in [0.3, 0.4) is 0 Å². The molecule has 16 heavy (non-hydrogen) atoms. The Labute approximate surface area is 97.7 Å². The molecular formula is C13H21N2O+. The van der Waals surface area contributed by atoms with Crippen LogP contribution in [0.5, 0.6) is 0 Å². The molecule has 0 saturated heterocycles. The second-order valence-electron chi connectivity index (χ2n) is 6.00. The predicted octanol–water partition coefficient (Wildman–Crippen LogP) is 2.51. The van der Waals surface area contributed by atoms with Crippen molar-refractivity contribution in [2.24, 2.45) is 5.41 Å². The van der Waals surface area contributed by atoms with E-state index in [0.717, 1.165) is 5.82 Å². The molecule has 0 aliphatic carbocycles. The molecule has 3 heteroatoms. The van der Waals surface area contributed by atoms with E-state index in [2.05, 4.69) is 4.98 Å². The number of ketones is 1. The van der Waals surface area contributed by atoms with Crippen molar-refractivity contribution in [2.45, 2.75) is 20.8 Å². The minimum absolute atomic E-state index is 0.132. The highest BCUT2D eigenvalue weighted by Crippen LogP contribution is 2.21. The molecule has 0 N–H and O–H groups in total. The smallest absolute Gasteiger partial charge is 0.226 e. The van der Waals surface area contributed by atoms with E-state index in [9.17, 15) is 4.79 Å². The van der Waals surface area contributed by atoms with Crippen molar-refractivity contribution < 1.29 is 4.79 Å². The largest absolute Gasteiger partial charge is 0.294 e. The van der Waals surface area contributed by atoms with Gasteiger partial charge in [-0.2, -0.15) is 0 Å². The van der Waals surface area contributed by atoms with E-state index in [-0.39, 0.29) is 11.2 Å². The van der Waals surface area contributed by atoms with Crippen LogP contribution in [0.25, 0.3) is 0 Å². The zero-order chi connectivity index (χ0) is 12.6. The number of Topliss-reactive ketones (excluding diaryl/α,β-unsaturated/α-hetero) is 1. The Hall–Kier alpha value is -1.22. The quantitative estimate of drug-likeness (QED) is 0.567. The van der Waals surface area contributed by atoms with Gasteiger partial charge in [-0.25, -0.2) is 4.98 Å². The topological polar surface area (TPSA) is 30.0 Å². The molecule has 0 saturated carbocycles. The number of aromatic nitrogens is 1. The maximum atomic E-state index is 12.0. The van der Waals surface area contributed by atoms with Crippen LogP contribution in [0.4, 0.5) is 5.82 Å². The summed E-state index contributed by atoms with van der Waals surface area (Å²) in [6.07, 6.45) is 1.67. The lowest BCUT2D eigenvalue weighted by molar-refractivity contribution is 0.0858. The molecule has 0 unspecified atom stereocenters. The Morgan fingerprint density at radius 1 is 1.19 bits per heavy atom. The van der Waals surface area contributed by atoms with Crippen molar-refractivity contribution in [1.82, 2.24) is 9.47 Å². The molecule has 1 aromatic rings. The van der Waals surface area contributed by atoms with Crippen LogP contribution in [-0.2, 0) is 0 Å². The third-order valence-electron chi connectivity index (χ3n) is 2.38. The van der Waals surface area contributed by atoms with Crippen LogP contribution in [0, 0.1) is 5.41 Å². The first-order chi connectivity index (χ1) is 7.12. The molecule has 3 nitrogen and oxygen atoms in total.